The molecule has 118 valence electrons. The smallest absolute Gasteiger partial charge is 0.339 e. The fourth-order valence-corrected chi connectivity index (χ4v) is 3.32. The average Bonchev–Trinajstić information content (AvgIpc) is 2.46. The Balaban J connectivity index is 3.17. The van der Waals surface area contributed by atoms with E-state index < -0.39 is 16.0 Å². The van der Waals surface area contributed by atoms with E-state index >= 15 is 0 Å². The van der Waals surface area contributed by atoms with Crippen LogP contribution in [0.5, 0.6) is 0 Å². The zero-order chi connectivity index (χ0) is 16.0. The van der Waals surface area contributed by atoms with Gasteiger partial charge in [-0.2, -0.15) is 0 Å². The minimum atomic E-state index is -3.78. The number of sulfonamides is 1. The molecule has 2 N–H and O–H groups in total. The monoisotopic (exact) mass is 314 g/mol. The number of hydrogen-bond donors (Lipinski definition) is 1. The third kappa shape index (κ3) is 4.18. The second-order valence-electron chi connectivity index (χ2n) is 4.78. The summed E-state index contributed by atoms with van der Waals surface area (Å²) in [4.78, 5) is 11.6. The van der Waals surface area contributed by atoms with Crippen LogP contribution < -0.4 is 5.73 Å². The van der Waals surface area contributed by atoms with Crippen molar-refractivity contribution in [3.05, 3.63) is 23.8 Å². The van der Waals surface area contributed by atoms with Crippen LogP contribution in [0.3, 0.4) is 0 Å². The van der Waals surface area contributed by atoms with E-state index in [1.807, 2.05) is 6.92 Å². The number of methoxy groups -OCH3 is 1. The Bertz CT molecular complexity index is 599. The van der Waals surface area contributed by atoms with Gasteiger partial charge in [-0.3, -0.25) is 0 Å². The van der Waals surface area contributed by atoms with Crippen LogP contribution in [0.4, 0.5) is 5.69 Å². The van der Waals surface area contributed by atoms with Gasteiger partial charge in [-0.15, -0.1) is 0 Å². The second kappa shape index (κ2) is 7.42. The Kier molecular flexibility index (Phi) is 6.17. The molecule has 7 heteroatoms. The summed E-state index contributed by atoms with van der Waals surface area (Å²) in [5.41, 5.74) is 5.93. The molecule has 0 saturated heterocycles. The van der Waals surface area contributed by atoms with Gasteiger partial charge in [0.2, 0.25) is 10.0 Å². The molecule has 0 heterocycles. The molecule has 0 saturated carbocycles. The first-order valence-electron chi connectivity index (χ1n) is 6.78. The number of nitrogens with zero attached hydrogens (tertiary/aromatic N) is 1. The molecule has 0 bridgehead atoms. The molecule has 6 nitrogen and oxygen atoms in total. The zero-order valence-electron chi connectivity index (χ0n) is 12.6. The molecule has 0 atom stereocenters. The van der Waals surface area contributed by atoms with E-state index in [2.05, 4.69) is 4.74 Å². The van der Waals surface area contributed by atoms with Gasteiger partial charge in [0.1, 0.15) is 0 Å². The number of esters is 1. The molecule has 1 rings (SSSR count). The lowest BCUT2D eigenvalue weighted by Crippen LogP contribution is -2.29. The first-order chi connectivity index (χ1) is 9.84. The molecular weight excluding hydrogens is 292 g/mol. The minimum absolute atomic E-state index is 0.00552. The van der Waals surface area contributed by atoms with Gasteiger partial charge < -0.3 is 10.5 Å². The van der Waals surface area contributed by atoms with Crippen molar-refractivity contribution in [2.45, 2.75) is 31.1 Å². The molecule has 0 aromatic heterocycles. The zero-order valence-corrected chi connectivity index (χ0v) is 13.4. The van der Waals surface area contributed by atoms with Crippen LogP contribution in [0.15, 0.2) is 23.1 Å². The number of unbranched alkanes of at least 4 members (excludes halogenated alkanes) is 2. The third-order valence-electron chi connectivity index (χ3n) is 3.18. The number of nitrogen functional groups attached to an aromatic ring is 1. The van der Waals surface area contributed by atoms with E-state index in [1.54, 1.807) is 0 Å². The van der Waals surface area contributed by atoms with E-state index in [9.17, 15) is 13.2 Å². The fraction of sp³-hybridized carbons (Fsp3) is 0.500. The summed E-state index contributed by atoms with van der Waals surface area (Å²) >= 11 is 0. The van der Waals surface area contributed by atoms with Crippen molar-refractivity contribution in [1.29, 1.82) is 0 Å². The lowest BCUT2D eigenvalue weighted by atomic mass is 10.2. The van der Waals surface area contributed by atoms with Crippen LogP contribution >= 0.6 is 0 Å². The van der Waals surface area contributed by atoms with E-state index in [-0.39, 0.29) is 16.1 Å². The summed E-state index contributed by atoms with van der Waals surface area (Å²) in [7, 11) is -1.07. The molecule has 1 aromatic rings. The standard InChI is InChI=1S/C14H22N2O4S/c1-4-5-6-9-16(2)21(18,19)13-10-11(15)7-8-12(13)14(17)20-3/h7-8,10H,4-6,9,15H2,1-3H3. The molecule has 1 aromatic carbocycles. The first kappa shape index (κ1) is 17.5. The van der Waals surface area contributed by atoms with Crippen molar-refractivity contribution >= 4 is 21.7 Å². The lowest BCUT2D eigenvalue weighted by molar-refractivity contribution is 0.0596. The van der Waals surface area contributed by atoms with Gasteiger partial charge in [0.05, 0.1) is 17.6 Å². The molecule has 0 fully saturated rings. The largest absolute Gasteiger partial charge is 0.465 e. The van der Waals surface area contributed by atoms with Crippen molar-refractivity contribution in [3.8, 4) is 0 Å². The van der Waals surface area contributed by atoms with Crippen LogP contribution in [0.2, 0.25) is 0 Å². The van der Waals surface area contributed by atoms with Gasteiger partial charge in [-0.1, -0.05) is 19.8 Å². The summed E-state index contributed by atoms with van der Waals surface area (Å²) in [5.74, 6) is -0.699. The molecule has 0 unspecified atom stereocenters. The number of carbonyl (C=O) groups excluding carboxylic acids is 1. The number of nitrogens with two attached hydrogens (primary N) is 1. The molecule has 0 amide bonds. The molecule has 0 radical (unpaired) electrons. The maximum Gasteiger partial charge on any atom is 0.339 e. The predicted molar refractivity (Wildman–Crippen MR) is 81.5 cm³/mol. The normalized spacial score (nSPS) is 11.6. The van der Waals surface area contributed by atoms with Crippen molar-refractivity contribution in [2.75, 3.05) is 26.4 Å². The highest BCUT2D eigenvalue weighted by Gasteiger charge is 2.27. The summed E-state index contributed by atoms with van der Waals surface area (Å²) in [6, 6.07) is 4.13. The van der Waals surface area contributed by atoms with Crippen molar-refractivity contribution in [3.63, 3.8) is 0 Å². The number of hydrogen-bond acceptors (Lipinski definition) is 5. The number of rotatable bonds is 7. The van der Waals surface area contributed by atoms with Crippen LogP contribution in [0.1, 0.15) is 36.5 Å². The second-order valence-corrected chi connectivity index (χ2v) is 6.79. The van der Waals surface area contributed by atoms with Crippen LogP contribution in [0.25, 0.3) is 0 Å². The summed E-state index contributed by atoms with van der Waals surface area (Å²) in [6.45, 7) is 2.44. The topological polar surface area (TPSA) is 89.7 Å². The number of ether oxygens (including phenoxy) is 1. The van der Waals surface area contributed by atoms with Gasteiger partial charge >= 0.3 is 5.97 Å². The van der Waals surface area contributed by atoms with E-state index in [0.29, 0.717) is 6.54 Å². The van der Waals surface area contributed by atoms with Crippen LogP contribution in [-0.4, -0.2) is 39.4 Å². The van der Waals surface area contributed by atoms with Gasteiger partial charge in [-0.05, 0) is 24.6 Å². The number of benzene rings is 1. The summed E-state index contributed by atoms with van der Waals surface area (Å²) in [5, 5.41) is 0. The van der Waals surface area contributed by atoms with Crippen molar-refractivity contribution in [1.82, 2.24) is 4.31 Å². The van der Waals surface area contributed by atoms with Crippen molar-refractivity contribution < 1.29 is 17.9 Å². The molecule has 0 aliphatic heterocycles. The third-order valence-corrected chi connectivity index (χ3v) is 5.07. The molecule has 21 heavy (non-hydrogen) atoms. The molecular formula is C14H22N2O4S. The summed E-state index contributed by atoms with van der Waals surface area (Å²) < 4.78 is 31.0. The quantitative estimate of drug-likeness (QED) is 0.471. The van der Waals surface area contributed by atoms with E-state index in [0.717, 1.165) is 19.3 Å². The molecule has 0 spiro atoms. The highest BCUT2D eigenvalue weighted by molar-refractivity contribution is 7.89. The van der Waals surface area contributed by atoms with Crippen LogP contribution in [0, 0.1) is 0 Å². The van der Waals surface area contributed by atoms with Gasteiger partial charge in [-0.25, -0.2) is 17.5 Å². The Labute approximate surface area is 125 Å². The van der Waals surface area contributed by atoms with E-state index in [4.69, 9.17) is 5.73 Å². The minimum Gasteiger partial charge on any atom is -0.465 e. The average molecular weight is 314 g/mol. The van der Waals surface area contributed by atoms with Crippen LogP contribution in [-0.2, 0) is 14.8 Å². The lowest BCUT2D eigenvalue weighted by Gasteiger charge is -2.19. The van der Waals surface area contributed by atoms with Gasteiger partial charge in [0.25, 0.3) is 0 Å². The Morgan fingerprint density at radius 3 is 2.57 bits per heavy atom. The maximum atomic E-state index is 12.6. The number of anilines is 1. The van der Waals surface area contributed by atoms with Gasteiger partial charge in [0.15, 0.2) is 0 Å². The highest BCUT2D eigenvalue weighted by atomic mass is 32.2. The predicted octanol–water partition coefficient (Wildman–Crippen LogP) is 1.87. The van der Waals surface area contributed by atoms with E-state index in [1.165, 1.54) is 36.7 Å². The SMILES string of the molecule is CCCCCN(C)S(=O)(=O)c1cc(N)ccc1C(=O)OC. The molecule has 0 aliphatic rings. The first-order valence-corrected chi connectivity index (χ1v) is 8.22. The number of carbonyl (C=O) groups is 1. The summed E-state index contributed by atoms with van der Waals surface area (Å²) in [6.07, 6.45) is 2.71. The maximum absolute atomic E-state index is 12.6. The Morgan fingerprint density at radius 2 is 2.00 bits per heavy atom. The molecule has 0 aliphatic carbocycles. The Hall–Kier alpha value is -1.60. The van der Waals surface area contributed by atoms with Crippen molar-refractivity contribution in [2.24, 2.45) is 0 Å². The Morgan fingerprint density at radius 1 is 1.33 bits per heavy atom. The van der Waals surface area contributed by atoms with Gasteiger partial charge in [0, 0.05) is 19.3 Å². The fourth-order valence-electron chi connectivity index (χ4n) is 1.90. The highest BCUT2D eigenvalue weighted by Crippen LogP contribution is 2.23.